The molecule has 8 heteroatoms. The summed E-state index contributed by atoms with van der Waals surface area (Å²) in [5, 5.41) is 8.86. The van der Waals surface area contributed by atoms with E-state index < -0.39 is 34.1 Å². The van der Waals surface area contributed by atoms with Crippen LogP contribution in [0.4, 0.5) is 22.0 Å². The van der Waals surface area contributed by atoms with E-state index in [1.807, 2.05) is 0 Å². The van der Waals surface area contributed by atoms with Crippen LogP contribution in [-0.2, 0) is 6.18 Å². The van der Waals surface area contributed by atoms with Crippen molar-refractivity contribution in [3.05, 3.63) is 21.9 Å². The lowest BCUT2D eigenvalue weighted by molar-refractivity contribution is -0.140. The van der Waals surface area contributed by atoms with E-state index in [1.165, 1.54) is 0 Å². The predicted octanol–water partition coefficient (Wildman–Crippen LogP) is 3.51. The number of pyridine rings is 1. The van der Waals surface area contributed by atoms with E-state index in [0.717, 1.165) is 0 Å². The molecule has 15 heavy (non-hydrogen) atoms. The molecule has 1 aromatic rings. The molecule has 0 aliphatic carbocycles. The van der Waals surface area contributed by atoms with E-state index in [2.05, 4.69) is 20.9 Å². The SMILES string of the molecule is Oc1cnc(Br)c(C(F)F)c1C(F)(F)F. The number of aromatic nitrogens is 1. The minimum absolute atomic E-state index is 0.457. The molecule has 0 aromatic carbocycles. The van der Waals surface area contributed by atoms with Gasteiger partial charge in [-0.05, 0) is 15.9 Å². The first-order valence-electron chi connectivity index (χ1n) is 3.48. The van der Waals surface area contributed by atoms with Crippen LogP contribution in [-0.4, -0.2) is 10.1 Å². The van der Waals surface area contributed by atoms with Gasteiger partial charge in [-0.25, -0.2) is 13.8 Å². The molecule has 1 N–H and O–H groups in total. The molecular weight excluding hydrogens is 289 g/mol. The summed E-state index contributed by atoms with van der Waals surface area (Å²) >= 11 is 2.47. The van der Waals surface area contributed by atoms with Crippen LogP contribution < -0.4 is 0 Å². The molecule has 0 aliphatic rings. The first kappa shape index (κ1) is 12.2. The van der Waals surface area contributed by atoms with Crippen LogP contribution in [0.15, 0.2) is 10.8 Å². The Kier molecular flexibility index (Phi) is 3.17. The van der Waals surface area contributed by atoms with Gasteiger partial charge in [0.2, 0.25) is 0 Å². The Morgan fingerprint density at radius 2 is 1.87 bits per heavy atom. The molecule has 84 valence electrons. The highest BCUT2D eigenvalue weighted by Gasteiger charge is 2.40. The smallest absolute Gasteiger partial charge is 0.420 e. The summed E-state index contributed by atoms with van der Waals surface area (Å²) in [6.45, 7) is 0. The predicted molar refractivity (Wildman–Crippen MR) is 43.6 cm³/mol. The van der Waals surface area contributed by atoms with Crippen LogP contribution in [0.2, 0.25) is 0 Å². The Hall–Kier alpha value is -0.920. The summed E-state index contributed by atoms with van der Waals surface area (Å²) < 4.78 is 60.9. The highest BCUT2D eigenvalue weighted by atomic mass is 79.9. The van der Waals surface area contributed by atoms with E-state index in [1.54, 1.807) is 0 Å². The molecule has 0 saturated carbocycles. The normalized spacial score (nSPS) is 12.2. The lowest BCUT2D eigenvalue weighted by Crippen LogP contribution is -2.11. The number of halogens is 6. The minimum Gasteiger partial charge on any atom is -0.506 e. The zero-order valence-electron chi connectivity index (χ0n) is 6.82. The van der Waals surface area contributed by atoms with E-state index in [4.69, 9.17) is 5.11 Å². The summed E-state index contributed by atoms with van der Waals surface area (Å²) in [6.07, 6.45) is -7.98. The van der Waals surface area contributed by atoms with Gasteiger partial charge in [0.15, 0.2) is 0 Å². The summed E-state index contributed by atoms with van der Waals surface area (Å²) in [5.41, 5.74) is -3.12. The van der Waals surface area contributed by atoms with Gasteiger partial charge in [0.05, 0.1) is 11.8 Å². The van der Waals surface area contributed by atoms with E-state index in [0.29, 0.717) is 6.20 Å². The fourth-order valence-electron chi connectivity index (χ4n) is 0.990. The van der Waals surface area contributed by atoms with Gasteiger partial charge in [0.1, 0.15) is 15.9 Å². The average molecular weight is 292 g/mol. The maximum atomic E-state index is 12.3. The molecule has 1 heterocycles. The summed E-state index contributed by atoms with van der Waals surface area (Å²) in [5.74, 6) is -1.32. The van der Waals surface area contributed by atoms with Crippen LogP contribution >= 0.6 is 15.9 Å². The van der Waals surface area contributed by atoms with Crippen molar-refractivity contribution in [3.8, 4) is 5.75 Å². The molecule has 0 amide bonds. The second kappa shape index (κ2) is 3.92. The van der Waals surface area contributed by atoms with Gasteiger partial charge < -0.3 is 5.11 Å². The topological polar surface area (TPSA) is 33.1 Å². The molecule has 0 saturated heterocycles. The molecule has 0 spiro atoms. The Morgan fingerprint density at radius 3 is 2.20 bits per heavy atom. The van der Waals surface area contributed by atoms with E-state index in [-0.39, 0.29) is 0 Å². The monoisotopic (exact) mass is 291 g/mol. The van der Waals surface area contributed by atoms with Crippen molar-refractivity contribution in [2.24, 2.45) is 0 Å². The number of hydrogen-bond acceptors (Lipinski definition) is 2. The quantitative estimate of drug-likeness (QED) is 0.634. The van der Waals surface area contributed by atoms with Gasteiger partial charge in [-0.1, -0.05) is 0 Å². The standard InChI is InChI=1S/C7H3BrF5NO/c8-5-3(6(9)10)4(7(11,12)13)2(15)1-14-5/h1,6,15H. The van der Waals surface area contributed by atoms with Crippen LogP contribution in [0.5, 0.6) is 5.75 Å². The molecular formula is C7H3BrF5NO. The van der Waals surface area contributed by atoms with Crippen LogP contribution in [0.3, 0.4) is 0 Å². The van der Waals surface area contributed by atoms with Gasteiger partial charge in [-0.3, -0.25) is 0 Å². The first-order chi connectivity index (χ1) is 6.75. The second-order valence-corrected chi connectivity index (χ2v) is 3.27. The third-order valence-electron chi connectivity index (χ3n) is 1.55. The van der Waals surface area contributed by atoms with E-state index in [9.17, 15) is 22.0 Å². The molecule has 0 radical (unpaired) electrons. The third-order valence-corrected chi connectivity index (χ3v) is 2.18. The number of rotatable bonds is 1. The minimum atomic E-state index is -5.05. The molecule has 1 aromatic heterocycles. The van der Waals surface area contributed by atoms with Crippen molar-refractivity contribution >= 4 is 15.9 Å². The van der Waals surface area contributed by atoms with Crippen LogP contribution in [0.25, 0.3) is 0 Å². The number of aromatic hydroxyl groups is 1. The number of hydrogen-bond donors (Lipinski definition) is 1. The zero-order chi connectivity index (χ0) is 11.8. The Morgan fingerprint density at radius 1 is 1.33 bits per heavy atom. The Bertz CT molecular complexity index is 378. The van der Waals surface area contributed by atoms with Crippen molar-refractivity contribution < 1.29 is 27.1 Å². The maximum Gasteiger partial charge on any atom is 0.420 e. The second-order valence-electron chi connectivity index (χ2n) is 2.52. The number of alkyl halides is 5. The molecule has 0 aliphatic heterocycles. The van der Waals surface area contributed by atoms with E-state index >= 15 is 0 Å². The Balaban J connectivity index is 3.53. The van der Waals surface area contributed by atoms with Gasteiger partial charge in [0.25, 0.3) is 6.43 Å². The highest BCUT2D eigenvalue weighted by molar-refractivity contribution is 9.10. The Labute approximate surface area is 88.9 Å². The summed E-state index contributed by atoms with van der Waals surface area (Å²) in [7, 11) is 0. The van der Waals surface area contributed by atoms with Gasteiger partial charge >= 0.3 is 6.18 Å². The fraction of sp³-hybridized carbons (Fsp3) is 0.286. The largest absolute Gasteiger partial charge is 0.506 e. The van der Waals surface area contributed by atoms with Crippen molar-refractivity contribution in [1.82, 2.24) is 4.98 Å². The highest BCUT2D eigenvalue weighted by Crippen LogP contribution is 2.43. The maximum absolute atomic E-state index is 12.3. The van der Waals surface area contributed by atoms with Crippen molar-refractivity contribution in [3.63, 3.8) is 0 Å². The van der Waals surface area contributed by atoms with Crippen LogP contribution in [0.1, 0.15) is 17.6 Å². The molecule has 0 unspecified atom stereocenters. The van der Waals surface area contributed by atoms with Crippen LogP contribution in [0, 0.1) is 0 Å². The summed E-state index contributed by atoms with van der Waals surface area (Å²) in [6, 6.07) is 0. The molecule has 0 fully saturated rings. The fourth-order valence-corrected chi connectivity index (χ4v) is 1.46. The van der Waals surface area contributed by atoms with Crippen molar-refractivity contribution in [2.45, 2.75) is 12.6 Å². The van der Waals surface area contributed by atoms with Gasteiger partial charge in [-0.2, -0.15) is 13.2 Å². The summed E-state index contributed by atoms with van der Waals surface area (Å²) in [4.78, 5) is 3.16. The molecule has 1 rings (SSSR count). The van der Waals surface area contributed by atoms with Gasteiger partial charge in [0, 0.05) is 0 Å². The zero-order valence-corrected chi connectivity index (χ0v) is 8.40. The van der Waals surface area contributed by atoms with Crippen molar-refractivity contribution in [1.29, 1.82) is 0 Å². The molecule has 0 bridgehead atoms. The van der Waals surface area contributed by atoms with Crippen molar-refractivity contribution in [2.75, 3.05) is 0 Å². The third kappa shape index (κ3) is 2.36. The number of nitrogens with zero attached hydrogens (tertiary/aromatic N) is 1. The average Bonchev–Trinajstić information content (AvgIpc) is 2.05. The lowest BCUT2D eigenvalue weighted by atomic mass is 10.1. The molecule has 2 nitrogen and oxygen atoms in total. The van der Waals surface area contributed by atoms with Gasteiger partial charge in [-0.15, -0.1) is 0 Å². The lowest BCUT2D eigenvalue weighted by Gasteiger charge is -2.14. The molecule has 0 atom stereocenters. The first-order valence-corrected chi connectivity index (χ1v) is 4.27.